The van der Waals surface area contributed by atoms with Crippen LogP contribution in [-0.2, 0) is 0 Å². The summed E-state index contributed by atoms with van der Waals surface area (Å²) in [5.74, 6) is 1.14. The van der Waals surface area contributed by atoms with Gasteiger partial charge in [-0.15, -0.1) is 0 Å². The van der Waals surface area contributed by atoms with E-state index in [0.717, 1.165) is 28.6 Å². The summed E-state index contributed by atoms with van der Waals surface area (Å²) in [6.45, 7) is 18.3. The van der Waals surface area contributed by atoms with Crippen molar-refractivity contribution >= 4 is 0 Å². The van der Waals surface area contributed by atoms with Gasteiger partial charge in [-0.3, -0.25) is 0 Å². The quantitative estimate of drug-likeness (QED) is 0.467. The lowest BCUT2D eigenvalue weighted by Crippen LogP contribution is -2.41. The standard InChI is InChI=1S/C25H45N2/c1-9-16-27(7,8)17-15-19(2)18-22(5)23(6)25(26)24-12-10-11-20(3)21(4)13-14-24/h13-14,19,22H,6,9-12,15-18,26H2,1-5,7-8H3/q+1. The molecule has 0 heterocycles. The molecule has 1 rings (SSSR count). The first-order chi connectivity index (χ1) is 12.6. The van der Waals surface area contributed by atoms with Crippen LogP contribution in [-0.4, -0.2) is 31.7 Å². The first-order valence-electron chi connectivity index (χ1n) is 10.9. The van der Waals surface area contributed by atoms with E-state index >= 15 is 0 Å². The summed E-state index contributed by atoms with van der Waals surface area (Å²) >= 11 is 0. The van der Waals surface area contributed by atoms with Crippen LogP contribution in [0.4, 0.5) is 0 Å². The van der Waals surface area contributed by atoms with Gasteiger partial charge in [0.1, 0.15) is 0 Å². The van der Waals surface area contributed by atoms with Gasteiger partial charge in [0.05, 0.1) is 27.2 Å². The first-order valence-corrected chi connectivity index (χ1v) is 10.9. The number of hydrogen-bond donors (Lipinski definition) is 1. The maximum absolute atomic E-state index is 6.56. The van der Waals surface area contributed by atoms with Gasteiger partial charge in [0, 0.05) is 5.70 Å². The van der Waals surface area contributed by atoms with Gasteiger partial charge in [0.25, 0.3) is 0 Å². The van der Waals surface area contributed by atoms with Crippen LogP contribution >= 0.6 is 0 Å². The summed E-state index contributed by atoms with van der Waals surface area (Å²) in [6.07, 6.45) is 11.5. The van der Waals surface area contributed by atoms with Crippen LogP contribution in [0.3, 0.4) is 0 Å². The Morgan fingerprint density at radius 2 is 1.81 bits per heavy atom. The minimum absolute atomic E-state index is 0.437. The second kappa shape index (κ2) is 10.9. The largest absolute Gasteiger partial charge is 0.398 e. The Labute approximate surface area is 169 Å². The van der Waals surface area contributed by atoms with Gasteiger partial charge in [0.15, 0.2) is 0 Å². The molecular weight excluding hydrogens is 328 g/mol. The van der Waals surface area contributed by atoms with Crippen molar-refractivity contribution in [3.63, 3.8) is 0 Å². The first kappa shape index (κ1) is 23.8. The van der Waals surface area contributed by atoms with E-state index in [1.807, 2.05) is 0 Å². The van der Waals surface area contributed by atoms with Gasteiger partial charge in [-0.2, -0.15) is 0 Å². The fourth-order valence-corrected chi connectivity index (χ4v) is 4.04. The molecule has 2 N–H and O–H groups in total. The van der Waals surface area contributed by atoms with E-state index in [4.69, 9.17) is 5.73 Å². The lowest BCUT2D eigenvalue weighted by molar-refractivity contribution is -0.890. The molecule has 2 heteroatoms. The molecule has 1 aliphatic carbocycles. The number of quaternary nitrogens is 1. The van der Waals surface area contributed by atoms with Crippen LogP contribution in [0.5, 0.6) is 0 Å². The summed E-state index contributed by atoms with van der Waals surface area (Å²) in [5.41, 5.74) is 12.8. The third-order valence-electron chi connectivity index (χ3n) is 6.30. The number of hydrogen-bond acceptors (Lipinski definition) is 1. The molecule has 154 valence electrons. The van der Waals surface area contributed by atoms with Crippen molar-refractivity contribution in [2.45, 2.75) is 73.1 Å². The zero-order chi connectivity index (χ0) is 20.6. The second-order valence-corrected chi connectivity index (χ2v) is 9.53. The van der Waals surface area contributed by atoms with Gasteiger partial charge >= 0.3 is 0 Å². The maximum Gasteiger partial charge on any atom is 0.0785 e. The van der Waals surface area contributed by atoms with Crippen LogP contribution in [0.2, 0.25) is 0 Å². The molecule has 0 bridgehead atoms. The molecule has 0 spiro atoms. The lowest BCUT2D eigenvalue weighted by Gasteiger charge is -2.31. The highest BCUT2D eigenvalue weighted by molar-refractivity contribution is 5.40. The third kappa shape index (κ3) is 8.09. The molecule has 1 aliphatic rings. The van der Waals surface area contributed by atoms with Crippen LogP contribution in [0.25, 0.3) is 0 Å². The summed E-state index contributed by atoms with van der Waals surface area (Å²) in [5, 5.41) is 0. The molecule has 27 heavy (non-hydrogen) atoms. The molecule has 2 unspecified atom stereocenters. The summed E-state index contributed by atoms with van der Waals surface area (Å²) in [6, 6.07) is 0. The van der Waals surface area contributed by atoms with E-state index in [1.165, 1.54) is 55.5 Å². The van der Waals surface area contributed by atoms with Crippen molar-refractivity contribution in [1.29, 1.82) is 0 Å². The number of rotatable bonds is 9. The van der Waals surface area contributed by atoms with Gasteiger partial charge in [-0.1, -0.05) is 50.6 Å². The molecule has 0 aromatic heterocycles. The Hall–Kier alpha value is -1.28. The van der Waals surface area contributed by atoms with Gasteiger partial charge in [-0.25, -0.2) is 0 Å². The molecule has 2 atom stereocenters. The fraction of sp³-hybridized carbons (Fsp3) is 0.680. The Morgan fingerprint density at radius 1 is 1.15 bits per heavy atom. The molecule has 0 aliphatic heterocycles. The summed E-state index contributed by atoms with van der Waals surface area (Å²) < 4.78 is 1.12. The number of nitrogens with two attached hydrogens (primary N) is 1. The minimum Gasteiger partial charge on any atom is -0.398 e. The molecule has 0 aromatic carbocycles. The Balaban J connectivity index is 2.70. The summed E-state index contributed by atoms with van der Waals surface area (Å²) in [7, 11) is 4.69. The minimum atomic E-state index is 0.437. The molecule has 0 saturated carbocycles. The molecule has 0 saturated heterocycles. The monoisotopic (exact) mass is 373 g/mol. The van der Waals surface area contributed by atoms with Crippen LogP contribution < -0.4 is 5.73 Å². The predicted molar refractivity (Wildman–Crippen MR) is 121 cm³/mol. The summed E-state index contributed by atoms with van der Waals surface area (Å²) in [4.78, 5) is 0. The second-order valence-electron chi connectivity index (χ2n) is 9.53. The van der Waals surface area contributed by atoms with Crippen LogP contribution in [0.15, 0.2) is 46.7 Å². The number of allylic oxidation sites excluding steroid dienone is 6. The van der Waals surface area contributed by atoms with Gasteiger partial charge in [0.2, 0.25) is 0 Å². The van der Waals surface area contributed by atoms with Crippen molar-refractivity contribution in [2.24, 2.45) is 17.6 Å². The molecule has 0 amide bonds. The van der Waals surface area contributed by atoms with Crippen molar-refractivity contribution in [3.8, 4) is 0 Å². The van der Waals surface area contributed by atoms with E-state index in [2.05, 4.69) is 67.4 Å². The highest BCUT2D eigenvalue weighted by atomic mass is 15.3. The Bertz CT molecular complexity index is 589. The average molecular weight is 374 g/mol. The normalized spacial score (nSPS) is 20.1. The molecular formula is C25H45N2+. The highest BCUT2D eigenvalue weighted by Crippen LogP contribution is 2.29. The van der Waals surface area contributed by atoms with Crippen LogP contribution in [0.1, 0.15) is 73.1 Å². The topological polar surface area (TPSA) is 26.0 Å². The van der Waals surface area contributed by atoms with Crippen molar-refractivity contribution < 1.29 is 4.48 Å². The van der Waals surface area contributed by atoms with Crippen molar-refractivity contribution in [3.05, 3.63) is 46.7 Å². The predicted octanol–water partition coefficient (Wildman–Crippen LogP) is 6.37. The smallest absolute Gasteiger partial charge is 0.0785 e. The molecule has 0 aromatic rings. The van der Waals surface area contributed by atoms with Crippen molar-refractivity contribution in [1.82, 2.24) is 0 Å². The SMILES string of the molecule is C=C(C(N)=C1C=CC(C)=C(C)CCC1)C(C)CC(C)CC[N+](C)(C)CCC. The van der Waals surface area contributed by atoms with Gasteiger partial charge < -0.3 is 10.2 Å². The zero-order valence-corrected chi connectivity index (χ0v) is 19.2. The fourth-order valence-electron chi connectivity index (χ4n) is 4.04. The average Bonchev–Trinajstić information content (AvgIpc) is 2.59. The van der Waals surface area contributed by atoms with Crippen LogP contribution in [0, 0.1) is 11.8 Å². The molecule has 0 radical (unpaired) electrons. The zero-order valence-electron chi connectivity index (χ0n) is 19.2. The van der Waals surface area contributed by atoms with E-state index in [1.54, 1.807) is 0 Å². The third-order valence-corrected chi connectivity index (χ3v) is 6.30. The Kier molecular flexibility index (Phi) is 9.59. The maximum atomic E-state index is 6.56. The van der Waals surface area contributed by atoms with E-state index in [-0.39, 0.29) is 0 Å². The number of nitrogens with zero attached hydrogens (tertiary/aromatic N) is 1. The van der Waals surface area contributed by atoms with E-state index in [0.29, 0.717) is 11.8 Å². The lowest BCUT2D eigenvalue weighted by atomic mass is 9.86. The van der Waals surface area contributed by atoms with Crippen molar-refractivity contribution in [2.75, 3.05) is 27.2 Å². The molecule has 2 nitrogen and oxygen atoms in total. The highest BCUT2D eigenvalue weighted by Gasteiger charge is 2.19. The Morgan fingerprint density at radius 3 is 2.44 bits per heavy atom. The van der Waals surface area contributed by atoms with Gasteiger partial charge in [-0.05, 0) is 75.4 Å². The van der Waals surface area contributed by atoms with E-state index < -0.39 is 0 Å². The molecule has 0 fully saturated rings. The van der Waals surface area contributed by atoms with E-state index in [9.17, 15) is 0 Å².